The Kier molecular flexibility index (Phi) is 6.14. The molecule has 0 radical (unpaired) electrons. The van der Waals surface area contributed by atoms with E-state index in [4.69, 9.17) is 0 Å². The van der Waals surface area contributed by atoms with Crippen LogP contribution in [0, 0.1) is 5.82 Å². The van der Waals surface area contributed by atoms with Crippen LogP contribution in [-0.4, -0.2) is 78.6 Å². The molecule has 1 aliphatic rings. The summed E-state index contributed by atoms with van der Waals surface area (Å²) in [5, 5.41) is 4.24. The second-order valence-corrected chi connectivity index (χ2v) is 9.54. The quantitative estimate of drug-likeness (QED) is 0.696. The summed E-state index contributed by atoms with van der Waals surface area (Å²) in [6, 6.07) is 7.37. The van der Waals surface area contributed by atoms with Crippen LogP contribution in [0.25, 0.3) is 5.69 Å². The molecule has 152 valence electrons. The zero-order valence-electron chi connectivity index (χ0n) is 16.1. The lowest BCUT2D eigenvalue weighted by Gasteiger charge is -2.28. The van der Waals surface area contributed by atoms with Crippen molar-refractivity contribution in [3.8, 4) is 5.69 Å². The Morgan fingerprint density at radius 2 is 2.00 bits per heavy atom. The first-order valence-corrected chi connectivity index (χ1v) is 11.1. The summed E-state index contributed by atoms with van der Waals surface area (Å²) in [4.78, 5) is 16.7. The molecule has 1 saturated heterocycles. The minimum absolute atomic E-state index is 0.0191. The van der Waals surface area contributed by atoms with E-state index in [2.05, 4.69) is 5.10 Å². The molecular formula is C19H25FN4O3S. The fourth-order valence-electron chi connectivity index (χ4n) is 3.39. The second-order valence-electron chi connectivity index (χ2n) is 7.31. The molecular weight excluding hydrogens is 383 g/mol. The van der Waals surface area contributed by atoms with Crippen LogP contribution in [-0.2, 0) is 9.84 Å². The highest BCUT2D eigenvalue weighted by molar-refractivity contribution is 7.91. The molecule has 2 aromatic rings. The van der Waals surface area contributed by atoms with E-state index in [1.54, 1.807) is 23.1 Å². The van der Waals surface area contributed by atoms with Gasteiger partial charge in [-0.05, 0) is 51.7 Å². The second kappa shape index (κ2) is 8.40. The lowest BCUT2D eigenvalue weighted by atomic mass is 10.2. The van der Waals surface area contributed by atoms with Gasteiger partial charge >= 0.3 is 0 Å². The minimum Gasteiger partial charge on any atom is -0.333 e. The van der Waals surface area contributed by atoms with Gasteiger partial charge in [0.1, 0.15) is 11.5 Å². The first kappa shape index (κ1) is 20.5. The molecule has 0 spiro atoms. The number of carbonyl (C=O) groups excluding carboxylic acids is 1. The number of carbonyl (C=O) groups is 1. The van der Waals surface area contributed by atoms with Crippen LogP contribution < -0.4 is 0 Å². The fraction of sp³-hybridized carbons (Fsp3) is 0.474. The van der Waals surface area contributed by atoms with Gasteiger partial charge in [0.15, 0.2) is 15.5 Å². The molecule has 1 aromatic carbocycles. The molecule has 2 heterocycles. The zero-order chi connectivity index (χ0) is 20.3. The number of amides is 1. The van der Waals surface area contributed by atoms with Crippen molar-refractivity contribution in [3.63, 3.8) is 0 Å². The van der Waals surface area contributed by atoms with Crippen LogP contribution in [0.2, 0.25) is 0 Å². The van der Waals surface area contributed by atoms with Crippen molar-refractivity contribution in [3.05, 3.63) is 48.0 Å². The normalized spacial score (nSPS) is 18.5. The number of rotatable bonds is 7. The number of sulfone groups is 1. The summed E-state index contributed by atoms with van der Waals surface area (Å²) in [5.41, 5.74) is 0.432. The molecule has 1 atom stereocenters. The van der Waals surface area contributed by atoms with Crippen molar-refractivity contribution >= 4 is 15.7 Å². The van der Waals surface area contributed by atoms with Gasteiger partial charge in [0.05, 0.1) is 11.5 Å². The number of hydrogen-bond donors (Lipinski definition) is 0. The predicted octanol–water partition coefficient (Wildman–Crippen LogP) is 1.59. The Hall–Kier alpha value is -2.26. The van der Waals surface area contributed by atoms with E-state index >= 15 is 0 Å². The summed E-state index contributed by atoms with van der Waals surface area (Å²) < 4.78 is 39.1. The molecule has 7 nitrogen and oxygen atoms in total. The maximum absolute atomic E-state index is 14.0. The van der Waals surface area contributed by atoms with Gasteiger partial charge in [0, 0.05) is 18.8 Å². The number of para-hydroxylation sites is 1. The largest absolute Gasteiger partial charge is 0.333 e. The SMILES string of the molecule is CN(C)CCCN(C(=O)c1ccn(-c2ccccc2F)n1)C1CCS(=O)(=O)C1. The third-order valence-electron chi connectivity index (χ3n) is 4.82. The molecule has 0 saturated carbocycles. The monoisotopic (exact) mass is 408 g/mol. The highest BCUT2D eigenvalue weighted by atomic mass is 32.2. The van der Waals surface area contributed by atoms with E-state index in [1.165, 1.54) is 23.0 Å². The highest BCUT2D eigenvalue weighted by Crippen LogP contribution is 2.21. The minimum atomic E-state index is -3.12. The third-order valence-corrected chi connectivity index (χ3v) is 6.57. The Balaban J connectivity index is 1.81. The number of aromatic nitrogens is 2. The van der Waals surface area contributed by atoms with Gasteiger partial charge < -0.3 is 9.80 Å². The van der Waals surface area contributed by atoms with Crippen LogP contribution in [0.15, 0.2) is 36.5 Å². The average Bonchev–Trinajstić information content (AvgIpc) is 3.25. The summed E-state index contributed by atoms with van der Waals surface area (Å²) in [6.07, 6.45) is 2.70. The van der Waals surface area contributed by atoms with E-state index < -0.39 is 15.7 Å². The van der Waals surface area contributed by atoms with Gasteiger partial charge in [0.2, 0.25) is 0 Å². The van der Waals surface area contributed by atoms with Gasteiger partial charge in [-0.2, -0.15) is 5.10 Å². The molecule has 0 aliphatic carbocycles. The predicted molar refractivity (Wildman–Crippen MR) is 105 cm³/mol. The summed E-state index contributed by atoms with van der Waals surface area (Å²) in [7, 11) is 0.773. The molecule has 0 bridgehead atoms. The van der Waals surface area contributed by atoms with Crippen LogP contribution in [0.3, 0.4) is 0 Å². The van der Waals surface area contributed by atoms with E-state index in [1.807, 2.05) is 19.0 Å². The summed E-state index contributed by atoms with van der Waals surface area (Å²) in [5.74, 6) is -0.682. The third kappa shape index (κ3) is 4.77. The van der Waals surface area contributed by atoms with Crippen LogP contribution in [0.5, 0.6) is 0 Å². The van der Waals surface area contributed by atoms with E-state index in [-0.39, 0.29) is 34.8 Å². The van der Waals surface area contributed by atoms with Crippen molar-refractivity contribution in [2.75, 3.05) is 38.7 Å². The summed E-state index contributed by atoms with van der Waals surface area (Å²) in [6.45, 7) is 1.23. The topological polar surface area (TPSA) is 75.5 Å². The van der Waals surface area contributed by atoms with Gasteiger partial charge in [0.25, 0.3) is 5.91 Å². The van der Waals surface area contributed by atoms with E-state index in [9.17, 15) is 17.6 Å². The van der Waals surface area contributed by atoms with Crippen LogP contribution >= 0.6 is 0 Å². The number of benzene rings is 1. The average molecular weight is 408 g/mol. The summed E-state index contributed by atoms with van der Waals surface area (Å²) >= 11 is 0. The van der Waals surface area contributed by atoms with E-state index in [0.29, 0.717) is 13.0 Å². The molecule has 0 N–H and O–H groups in total. The first-order valence-electron chi connectivity index (χ1n) is 9.23. The fourth-order valence-corrected chi connectivity index (χ4v) is 5.12. The number of halogens is 1. The van der Waals surface area contributed by atoms with Crippen molar-refractivity contribution in [2.24, 2.45) is 0 Å². The Bertz CT molecular complexity index is 942. The molecule has 1 aliphatic heterocycles. The Morgan fingerprint density at radius 1 is 1.25 bits per heavy atom. The molecule has 28 heavy (non-hydrogen) atoms. The van der Waals surface area contributed by atoms with Gasteiger partial charge in [-0.15, -0.1) is 0 Å². The molecule has 1 unspecified atom stereocenters. The van der Waals surface area contributed by atoms with Crippen molar-refractivity contribution in [1.82, 2.24) is 19.6 Å². The van der Waals surface area contributed by atoms with Crippen molar-refractivity contribution in [1.29, 1.82) is 0 Å². The van der Waals surface area contributed by atoms with Crippen LogP contribution in [0.1, 0.15) is 23.3 Å². The van der Waals surface area contributed by atoms with E-state index in [0.717, 1.165) is 13.0 Å². The molecule has 3 rings (SSSR count). The highest BCUT2D eigenvalue weighted by Gasteiger charge is 2.35. The standard InChI is InChI=1S/C19H25FN4O3S/c1-22(2)10-5-11-23(15-9-13-28(26,27)14-15)19(25)17-8-12-24(21-17)18-7-4-3-6-16(18)20/h3-4,6-8,12,15H,5,9-11,13-14H2,1-2H3. The van der Waals surface area contributed by atoms with Crippen molar-refractivity contribution < 1.29 is 17.6 Å². The lowest BCUT2D eigenvalue weighted by molar-refractivity contribution is 0.0683. The van der Waals surface area contributed by atoms with Gasteiger partial charge in [-0.25, -0.2) is 17.5 Å². The Morgan fingerprint density at radius 3 is 2.64 bits per heavy atom. The number of nitrogens with zero attached hydrogens (tertiary/aromatic N) is 4. The maximum Gasteiger partial charge on any atom is 0.274 e. The van der Waals surface area contributed by atoms with Gasteiger partial charge in [-0.3, -0.25) is 4.79 Å². The molecule has 1 fully saturated rings. The smallest absolute Gasteiger partial charge is 0.274 e. The van der Waals surface area contributed by atoms with Crippen molar-refractivity contribution in [2.45, 2.75) is 18.9 Å². The first-order chi connectivity index (χ1) is 13.3. The molecule has 9 heteroatoms. The molecule has 1 aromatic heterocycles. The maximum atomic E-state index is 14.0. The molecule has 1 amide bonds. The number of hydrogen-bond acceptors (Lipinski definition) is 5. The lowest BCUT2D eigenvalue weighted by Crippen LogP contribution is -2.42. The Labute approximate surface area is 164 Å². The van der Waals surface area contributed by atoms with Crippen LogP contribution in [0.4, 0.5) is 4.39 Å². The van der Waals surface area contributed by atoms with Gasteiger partial charge in [-0.1, -0.05) is 12.1 Å². The zero-order valence-corrected chi connectivity index (χ0v) is 16.9.